The Morgan fingerprint density at radius 3 is 1.17 bits per heavy atom. The lowest BCUT2D eigenvalue weighted by atomic mass is 10.1. The molecule has 0 aliphatic heterocycles. The molecule has 30 heavy (non-hydrogen) atoms. The van der Waals surface area contributed by atoms with Crippen molar-refractivity contribution in [1.82, 2.24) is 0 Å². The minimum atomic E-state index is -8.25. The van der Waals surface area contributed by atoms with Crippen LogP contribution in [-0.2, 0) is 19.6 Å². The zero-order valence-corrected chi connectivity index (χ0v) is 13.4. The molecule has 5 nitrogen and oxygen atoms in total. The van der Waals surface area contributed by atoms with Gasteiger partial charge in [-0.15, -0.1) is 0 Å². The third-order valence-electron chi connectivity index (χ3n) is 2.56. The highest BCUT2D eigenvalue weighted by molar-refractivity contribution is 7.86. The van der Waals surface area contributed by atoms with Gasteiger partial charge in [-0.3, -0.25) is 4.55 Å². The largest absolute Gasteiger partial charge is 0.460 e. The van der Waals surface area contributed by atoms with Crippen molar-refractivity contribution in [3.63, 3.8) is 0 Å². The fourth-order valence-corrected chi connectivity index (χ4v) is 1.42. The Morgan fingerprint density at radius 2 is 0.900 bits per heavy atom. The molecule has 0 rings (SSSR count). The van der Waals surface area contributed by atoms with E-state index >= 15 is 0 Å². The summed E-state index contributed by atoms with van der Waals surface area (Å²) < 4.78 is 233. The average molecular weight is 514 g/mol. The highest BCUT2D eigenvalue weighted by Crippen LogP contribution is 2.56. The van der Waals surface area contributed by atoms with Gasteiger partial charge in [0, 0.05) is 0 Å². The van der Waals surface area contributed by atoms with Crippen LogP contribution in [0.25, 0.3) is 0 Å². The number of alkyl halides is 16. The fraction of sp³-hybridized carbons (Fsp3) is 1.00. The Morgan fingerprint density at radius 1 is 0.600 bits per heavy atom. The van der Waals surface area contributed by atoms with Crippen molar-refractivity contribution in [2.75, 3.05) is 0 Å². The van der Waals surface area contributed by atoms with E-state index in [0.29, 0.717) is 0 Å². The first-order valence-electron chi connectivity index (χ1n) is 5.91. The number of hydrogen-bond donors (Lipinski definition) is 1. The van der Waals surface area contributed by atoms with Crippen LogP contribution < -0.4 is 0 Å². The van der Waals surface area contributed by atoms with Crippen LogP contribution in [0.4, 0.5) is 70.2 Å². The molecule has 0 spiro atoms. The summed E-state index contributed by atoms with van der Waals surface area (Å²) in [6, 6.07) is 0. The van der Waals surface area contributed by atoms with E-state index in [-0.39, 0.29) is 0 Å². The molecule has 0 bridgehead atoms. The molecular formula is C8H2F16O5S. The summed E-state index contributed by atoms with van der Waals surface area (Å²) in [5, 5.41) is -7.28. The maximum absolute atomic E-state index is 13.1. The fourth-order valence-electron chi connectivity index (χ4n) is 1.08. The SMILES string of the molecule is O=S(=O)(O)C(F)(F)C(F)(F)OC(F)(F)C(F)(F)C(F)(F)C(F)(F)OC(F)(F)C(F)F. The normalized spacial score (nSPS) is 16.3. The van der Waals surface area contributed by atoms with Gasteiger partial charge in [-0.2, -0.15) is 69.9 Å². The lowest BCUT2D eigenvalue weighted by Gasteiger charge is -2.38. The second-order valence-corrected chi connectivity index (χ2v) is 6.22. The summed E-state index contributed by atoms with van der Waals surface area (Å²) in [6.45, 7) is 0. The maximum Gasteiger partial charge on any atom is 0.460 e. The van der Waals surface area contributed by atoms with Crippen molar-refractivity contribution in [2.45, 2.75) is 48.0 Å². The molecule has 22 heteroatoms. The summed E-state index contributed by atoms with van der Waals surface area (Å²) in [6.07, 6.45) is -35.4. The number of halogens is 16. The van der Waals surface area contributed by atoms with Gasteiger partial charge in [0.05, 0.1) is 0 Å². The van der Waals surface area contributed by atoms with Crippen molar-refractivity contribution >= 4 is 10.1 Å². The predicted octanol–water partition coefficient (Wildman–Crippen LogP) is 4.41. The van der Waals surface area contributed by atoms with E-state index in [4.69, 9.17) is 4.55 Å². The highest BCUT2D eigenvalue weighted by atomic mass is 32.2. The van der Waals surface area contributed by atoms with Crippen LogP contribution in [-0.4, -0.2) is 60.9 Å². The van der Waals surface area contributed by atoms with Crippen LogP contribution in [0.15, 0.2) is 0 Å². The minimum Gasteiger partial charge on any atom is -0.281 e. The van der Waals surface area contributed by atoms with Crippen molar-refractivity contribution in [3.8, 4) is 0 Å². The Hall–Kier alpha value is -1.29. The molecule has 0 heterocycles. The van der Waals surface area contributed by atoms with Crippen molar-refractivity contribution in [3.05, 3.63) is 0 Å². The van der Waals surface area contributed by atoms with Gasteiger partial charge in [-0.05, 0) is 0 Å². The summed E-state index contributed by atoms with van der Waals surface area (Å²) >= 11 is 0. The molecule has 0 fully saturated rings. The lowest BCUT2D eigenvalue weighted by Crippen LogP contribution is -2.67. The summed E-state index contributed by atoms with van der Waals surface area (Å²) in [7, 11) is -7.50. The molecule has 0 aromatic carbocycles. The van der Waals surface area contributed by atoms with E-state index in [1.165, 1.54) is 9.47 Å². The molecule has 0 unspecified atom stereocenters. The number of ether oxygens (including phenoxy) is 2. The predicted molar refractivity (Wildman–Crippen MR) is 54.4 cm³/mol. The first-order chi connectivity index (χ1) is 12.6. The molecule has 0 atom stereocenters. The summed E-state index contributed by atoms with van der Waals surface area (Å²) in [5.74, 6) is -16.4. The smallest absolute Gasteiger partial charge is 0.281 e. The lowest BCUT2D eigenvalue weighted by molar-refractivity contribution is -0.522. The quantitative estimate of drug-likeness (QED) is 0.346. The van der Waals surface area contributed by atoms with Crippen LogP contribution >= 0.6 is 0 Å². The van der Waals surface area contributed by atoms with E-state index in [0.717, 1.165) is 0 Å². The first kappa shape index (κ1) is 28.7. The van der Waals surface area contributed by atoms with Gasteiger partial charge < -0.3 is 0 Å². The standard InChI is InChI=1S/C8H2F16O5S/c9-1(10)2(11,12)28-5(17,18)3(13,14)4(15,16)6(19,20)29-7(21,22)8(23,24)30(25,26)27/h1H,(H,25,26,27). The van der Waals surface area contributed by atoms with Gasteiger partial charge >= 0.3 is 58.1 Å². The second-order valence-electron chi connectivity index (χ2n) is 4.76. The van der Waals surface area contributed by atoms with Crippen molar-refractivity contribution < 1.29 is 92.7 Å². The number of rotatable bonds is 10. The van der Waals surface area contributed by atoms with Crippen LogP contribution in [0.5, 0.6) is 0 Å². The Bertz CT molecular complexity index is 730. The molecule has 0 aliphatic rings. The highest BCUT2D eigenvalue weighted by Gasteiger charge is 2.86. The Balaban J connectivity index is 6.25. The van der Waals surface area contributed by atoms with Crippen LogP contribution in [0, 0.1) is 0 Å². The summed E-state index contributed by atoms with van der Waals surface area (Å²) in [4.78, 5) is 0. The van der Waals surface area contributed by atoms with Crippen LogP contribution in [0.3, 0.4) is 0 Å². The van der Waals surface area contributed by atoms with E-state index in [1.54, 1.807) is 0 Å². The van der Waals surface area contributed by atoms with Crippen LogP contribution in [0.1, 0.15) is 0 Å². The molecule has 0 aromatic rings. The Labute approximate surface area is 152 Å². The van der Waals surface area contributed by atoms with E-state index in [1.807, 2.05) is 0 Å². The third-order valence-corrected chi connectivity index (χ3v) is 3.45. The monoisotopic (exact) mass is 514 g/mol. The third kappa shape index (κ3) is 4.64. The van der Waals surface area contributed by atoms with Crippen molar-refractivity contribution in [1.29, 1.82) is 0 Å². The van der Waals surface area contributed by atoms with Gasteiger partial charge in [0.15, 0.2) is 0 Å². The van der Waals surface area contributed by atoms with Crippen molar-refractivity contribution in [2.24, 2.45) is 0 Å². The summed E-state index contributed by atoms with van der Waals surface area (Å²) in [5.41, 5.74) is 0. The van der Waals surface area contributed by atoms with Gasteiger partial charge in [-0.25, -0.2) is 18.3 Å². The van der Waals surface area contributed by atoms with E-state index in [2.05, 4.69) is 0 Å². The molecule has 0 aliphatic carbocycles. The molecule has 0 saturated heterocycles. The molecule has 1 N–H and O–H groups in total. The topological polar surface area (TPSA) is 72.8 Å². The van der Waals surface area contributed by atoms with Gasteiger partial charge in [0.2, 0.25) is 0 Å². The van der Waals surface area contributed by atoms with E-state index in [9.17, 15) is 78.7 Å². The van der Waals surface area contributed by atoms with Gasteiger partial charge in [0.1, 0.15) is 0 Å². The first-order valence-corrected chi connectivity index (χ1v) is 7.35. The van der Waals surface area contributed by atoms with Crippen LogP contribution in [0.2, 0.25) is 0 Å². The molecule has 0 saturated carbocycles. The zero-order chi connectivity index (χ0) is 25.0. The molecule has 0 amide bonds. The second kappa shape index (κ2) is 7.39. The van der Waals surface area contributed by atoms with Gasteiger partial charge in [-0.1, -0.05) is 0 Å². The molecule has 182 valence electrons. The maximum atomic E-state index is 13.1. The molecule has 0 aromatic heterocycles. The minimum absolute atomic E-state index is 1.23. The van der Waals surface area contributed by atoms with Gasteiger partial charge in [0.25, 0.3) is 0 Å². The molecular weight excluding hydrogens is 512 g/mol. The zero-order valence-electron chi connectivity index (χ0n) is 12.6. The molecule has 0 radical (unpaired) electrons. The Kier molecular flexibility index (Phi) is 7.08. The van der Waals surface area contributed by atoms with E-state index < -0.39 is 58.1 Å². The number of hydrogen-bond acceptors (Lipinski definition) is 4. The average Bonchev–Trinajstić information content (AvgIpc) is 2.42.